The Balaban J connectivity index is 1.93. The second-order valence-electron chi connectivity index (χ2n) is 5.37. The van der Waals surface area contributed by atoms with E-state index < -0.39 is 0 Å². The molecule has 2 aromatic rings. The number of nitrogens with one attached hydrogen (secondary N) is 3. The van der Waals surface area contributed by atoms with Crippen LogP contribution in [0.3, 0.4) is 0 Å². The molecule has 0 atom stereocenters. The number of carbonyl (C=O) groups excluding carboxylic acids is 1. The Bertz CT molecular complexity index is 744. The Morgan fingerprint density at radius 3 is 2.56 bits per heavy atom. The van der Waals surface area contributed by atoms with Gasteiger partial charge in [0, 0.05) is 38.3 Å². The molecule has 0 aromatic heterocycles. The molecular weight excluding hydrogens is 316 g/mol. The molecule has 0 saturated carbocycles. The van der Waals surface area contributed by atoms with Crippen molar-refractivity contribution < 1.29 is 9.53 Å². The smallest absolute Gasteiger partial charge is 0.251 e. The van der Waals surface area contributed by atoms with Gasteiger partial charge in [-0.2, -0.15) is 0 Å². The van der Waals surface area contributed by atoms with Crippen molar-refractivity contribution in [1.29, 1.82) is 0 Å². The van der Waals surface area contributed by atoms with Crippen molar-refractivity contribution in [2.24, 2.45) is 4.99 Å². The monoisotopic (exact) mass is 340 g/mol. The number of benzene rings is 2. The maximum atomic E-state index is 11.7. The van der Waals surface area contributed by atoms with Crippen LogP contribution >= 0.6 is 0 Å². The number of rotatable bonds is 6. The van der Waals surface area contributed by atoms with Crippen LogP contribution in [0.25, 0.3) is 0 Å². The third-order valence-corrected chi connectivity index (χ3v) is 3.74. The molecule has 132 valence electrons. The van der Waals surface area contributed by atoms with Crippen molar-refractivity contribution >= 4 is 11.9 Å². The third-order valence-electron chi connectivity index (χ3n) is 3.74. The van der Waals surface area contributed by atoms with E-state index in [1.165, 1.54) is 0 Å². The summed E-state index contributed by atoms with van der Waals surface area (Å²) in [7, 11) is 5.00. The Morgan fingerprint density at radius 1 is 1.08 bits per heavy atom. The second-order valence-corrected chi connectivity index (χ2v) is 5.37. The lowest BCUT2D eigenvalue weighted by Crippen LogP contribution is -2.36. The summed E-state index contributed by atoms with van der Waals surface area (Å²) in [5.74, 6) is 1.42. The van der Waals surface area contributed by atoms with Crippen molar-refractivity contribution in [3.05, 3.63) is 65.2 Å². The summed E-state index contributed by atoms with van der Waals surface area (Å²) in [6.07, 6.45) is 0. The molecule has 0 aliphatic rings. The minimum Gasteiger partial charge on any atom is -0.496 e. The molecule has 0 unspecified atom stereocenters. The predicted molar refractivity (Wildman–Crippen MR) is 99.9 cm³/mol. The number of carbonyl (C=O) groups is 1. The number of aliphatic imine (C=N–C) groups is 1. The van der Waals surface area contributed by atoms with Crippen molar-refractivity contribution in [1.82, 2.24) is 16.0 Å². The highest BCUT2D eigenvalue weighted by atomic mass is 16.5. The fourth-order valence-corrected chi connectivity index (χ4v) is 2.40. The van der Waals surface area contributed by atoms with Crippen molar-refractivity contribution in [3.8, 4) is 5.75 Å². The Hall–Kier alpha value is -3.02. The highest BCUT2D eigenvalue weighted by Gasteiger charge is 2.06. The molecular formula is C19H24N4O2. The number of amides is 1. The number of methoxy groups -OCH3 is 1. The number of hydrogen-bond acceptors (Lipinski definition) is 3. The van der Waals surface area contributed by atoms with Crippen molar-refractivity contribution in [2.45, 2.75) is 13.1 Å². The predicted octanol–water partition coefficient (Wildman–Crippen LogP) is 1.92. The molecule has 1 amide bonds. The standard InChI is InChI=1S/C19H24N4O2/c1-20-18(24)15-9-6-7-14(11-15)12-22-19(21-2)23-13-16-8-4-5-10-17(16)25-3/h4-11H,12-13H2,1-3H3,(H,20,24)(H2,21,22,23). The molecule has 25 heavy (non-hydrogen) atoms. The third kappa shape index (κ3) is 5.24. The lowest BCUT2D eigenvalue weighted by Gasteiger charge is -2.14. The number of nitrogens with zero attached hydrogens (tertiary/aromatic N) is 1. The Kier molecular flexibility index (Phi) is 6.83. The molecule has 6 heteroatoms. The highest BCUT2D eigenvalue weighted by Crippen LogP contribution is 2.16. The SMILES string of the molecule is CN=C(NCc1cccc(C(=O)NC)c1)NCc1ccccc1OC. The fraction of sp³-hybridized carbons (Fsp3) is 0.263. The molecule has 6 nitrogen and oxygen atoms in total. The average molecular weight is 340 g/mol. The number of guanidine groups is 1. The van der Waals surface area contributed by atoms with Crippen LogP contribution in [0.5, 0.6) is 5.75 Å². The van der Waals surface area contributed by atoms with Crippen LogP contribution in [0.2, 0.25) is 0 Å². The van der Waals surface area contributed by atoms with E-state index >= 15 is 0 Å². The first-order valence-corrected chi connectivity index (χ1v) is 8.05. The van der Waals surface area contributed by atoms with Crippen LogP contribution in [-0.2, 0) is 13.1 Å². The molecule has 0 bridgehead atoms. The molecule has 0 aliphatic carbocycles. The zero-order valence-corrected chi connectivity index (χ0v) is 14.8. The average Bonchev–Trinajstić information content (AvgIpc) is 2.68. The van der Waals surface area contributed by atoms with E-state index in [1.54, 1.807) is 27.3 Å². The van der Waals surface area contributed by atoms with Gasteiger partial charge in [-0.25, -0.2) is 0 Å². The summed E-state index contributed by atoms with van der Waals surface area (Å²) in [6, 6.07) is 15.3. The molecule has 0 radical (unpaired) electrons. The van der Waals surface area contributed by atoms with E-state index in [-0.39, 0.29) is 5.91 Å². The van der Waals surface area contributed by atoms with Crippen molar-refractivity contribution in [2.75, 3.05) is 21.2 Å². The molecule has 2 aromatic carbocycles. The van der Waals surface area contributed by atoms with Gasteiger partial charge in [0.2, 0.25) is 0 Å². The van der Waals surface area contributed by atoms with Gasteiger partial charge < -0.3 is 20.7 Å². The summed E-state index contributed by atoms with van der Waals surface area (Å²) in [5, 5.41) is 9.13. The van der Waals surface area contributed by atoms with E-state index in [0.717, 1.165) is 16.9 Å². The van der Waals surface area contributed by atoms with E-state index in [2.05, 4.69) is 20.9 Å². The van der Waals surface area contributed by atoms with Crippen molar-refractivity contribution in [3.63, 3.8) is 0 Å². The Morgan fingerprint density at radius 2 is 1.84 bits per heavy atom. The maximum absolute atomic E-state index is 11.7. The van der Waals surface area contributed by atoms with Crippen LogP contribution in [-0.4, -0.2) is 33.1 Å². The quantitative estimate of drug-likeness (QED) is 0.555. The molecule has 0 saturated heterocycles. The van der Waals surface area contributed by atoms with E-state index in [1.807, 2.05) is 42.5 Å². The van der Waals surface area contributed by atoms with Gasteiger partial charge in [-0.3, -0.25) is 9.79 Å². The molecule has 0 fully saturated rings. The van der Waals surface area contributed by atoms with Gasteiger partial charge in [0.25, 0.3) is 5.91 Å². The maximum Gasteiger partial charge on any atom is 0.251 e. The van der Waals surface area contributed by atoms with Gasteiger partial charge in [0.1, 0.15) is 5.75 Å². The van der Waals surface area contributed by atoms with Gasteiger partial charge in [-0.05, 0) is 23.8 Å². The molecule has 2 rings (SSSR count). The normalized spacial score (nSPS) is 10.9. The fourth-order valence-electron chi connectivity index (χ4n) is 2.40. The summed E-state index contributed by atoms with van der Waals surface area (Å²) < 4.78 is 5.35. The first-order valence-electron chi connectivity index (χ1n) is 8.05. The first kappa shape index (κ1) is 18.3. The molecule has 0 aliphatic heterocycles. The largest absolute Gasteiger partial charge is 0.496 e. The first-order chi connectivity index (χ1) is 12.2. The summed E-state index contributed by atoms with van der Waals surface area (Å²) in [4.78, 5) is 15.9. The highest BCUT2D eigenvalue weighted by molar-refractivity contribution is 5.94. The minimum atomic E-state index is -0.0967. The number of hydrogen-bond donors (Lipinski definition) is 3. The van der Waals surface area contributed by atoms with Crippen LogP contribution in [0.4, 0.5) is 0 Å². The summed E-state index contributed by atoms with van der Waals surface area (Å²) in [5.41, 5.74) is 2.69. The second kappa shape index (κ2) is 9.32. The van der Waals surface area contributed by atoms with Gasteiger partial charge in [0.15, 0.2) is 5.96 Å². The van der Waals surface area contributed by atoms with E-state index in [4.69, 9.17) is 4.74 Å². The molecule has 0 heterocycles. The van der Waals surface area contributed by atoms with E-state index in [9.17, 15) is 4.79 Å². The topological polar surface area (TPSA) is 74.8 Å². The minimum absolute atomic E-state index is 0.0967. The molecule has 3 N–H and O–H groups in total. The van der Waals surface area contributed by atoms with Crippen LogP contribution < -0.4 is 20.7 Å². The van der Waals surface area contributed by atoms with Gasteiger partial charge in [-0.1, -0.05) is 30.3 Å². The Labute approximate surface area is 148 Å². The lowest BCUT2D eigenvalue weighted by atomic mass is 10.1. The summed E-state index contributed by atoms with van der Waals surface area (Å²) >= 11 is 0. The van der Waals surface area contributed by atoms with Gasteiger partial charge >= 0.3 is 0 Å². The number of para-hydroxylation sites is 1. The van der Waals surface area contributed by atoms with Gasteiger partial charge in [0.05, 0.1) is 7.11 Å². The molecule has 0 spiro atoms. The van der Waals surface area contributed by atoms with E-state index in [0.29, 0.717) is 24.6 Å². The van der Waals surface area contributed by atoms with Gasteiger partial charge in [-0.15, -0.1) is 0 Å². The zero-order valence-electron chi connectivity index (χ0n) is 14.8. The lowest BCUT2D eigenvalue weighted by molar-refractivity contribution is 0.0963. The number of ether oxygens (including phenoxy) is 1. The zero-order chi connectivity index (χ0) is 18.1. The van der Waals surface area contributed by atoms with Crippen LogP contribution in [0.15, 0.2) is 53.5 Å². The van der Waals surface area contributed by atoms with Crippen LogP contribution in [0.1, 0.15) is 21.5 Å². The summed E-state index contributed by atoms with van der Waals surface area (Å²) in [6.45, 7) is 1.17. The van der Waals surface area contributed by atoms with Crippen LogP contribution in [0, 0.1) is 0 Å².